The molecule has 0 aliphatic rings. The minimum Gasteiger partial charge on any atom is -0.486 e. The zero-order valence-corrected chi connectivity index (χ0v) is 18.2. The van der Waals surface area contributed by atoms with Crippen molar-refractivity contribution in [1.29, 1.82) is 0 Å². The first-order valence-electron chi connectivity index (χ1n) is 10.0. The van der Waals surface area contributed by atoms with E-state index >= 15 is 0 Å². The predicted molar refractivity (Wildman–Crippen MR) is 115 cm³/mol. The Morgan fingerprint density at radius 3 is 2.62 bits per heavy atom. The molecular weight excluding hydrogens is 441 g/mol. The molecule has 1 heterocycles. The molecule has 1 aromatic heterocycles. The second kappa shape index (κ2) is 11.0. The first kappa shape index (κ1) is 23.6. The second-order valence-corrected chi connectivity index (χ2v) is 7.77. The van der Waals surface area contributed by atoms with E-state index in [9.17, 15) is 18.0 Å². The minimum absolute atomic E-state index is 0.0357. The number of nitrogens with one attached hydrogen (secondary N) is 1. The second-order valence-electron chi connectivity index (χ2n) is 6.83. The summed E-state index contributed by atoms with van der Waals surface area (Å²) < 4.78 is 45.8. The average molecular weight is 465 g/mol. The number of thioether (sulfide) groups is 1. The molecule has 3 rings (SSSR count). The van der Waals surface area contributed by atoms with Gasteiger partial charge in [-0.1, -0.05) is 48.2 Å². The first-order chi connectivity index (χ1) is 15.4. The number of aromatic nitrogens is 3. The van der Waals surface area contributed by atoms with Gasteiger partial charge in [0.15, 0.2) is 11.0 Å². The smallest absolute Gasteiger partial charge is 0.416 e. The van der Waals surface area contributed by atoms with Crippen LogP contribution < -0.4 is 10.1 Å². The van der Waals surface area contributed by atoms with Crippen LogP contribution in [-0.2, 0) is 30.5 Å². The SMILES string of the molecule is CCn1c(COc2cccc(C(F)(F)F)c2)nnc1SCC(=O)NCCc1ccccc1. The minimum atomic E-state index is -4.44. The third-order valence-corrected chi connectivity index (χ3v) is 5.52. The van der Waals surface area contributed by atoms with Crippen molar-refractivity contribution in [1.82, 2.24) is 20.1 Å². The fourth-order valence-corrected chi connectivity index (χ4v) is 3.78. The lowest BCUT2D eigenvalue weighted by atomic mass is 10.1. The topological polar surface area (TPSA) is 69.0 Å². The number of carbonyl (C=O) groups excluding carboxylic acids is 1. The molecule has 1 N–H and O–H groups in total. The maximum absolute atomic E-state index is 12.8. The highest BCUT2D eigenvalue weighted by atomic mass is 32.2. The lowest BCUT2D eigenvalue weighted by molar-refractivity contribution is -0.137. The Morgan fingerprint density at radius 1 is 1.12 bits per heavy atom. The van der Waals surface area contributed by atoms with E-state index in [1.165, 1.54) is 23.9 Å². The van der Waals surface area contributed by atoms with Gasteiger partial charge in [-0.05, 0) is 37.1 Å². The standard InChI is InChI=1S/C22H23F3N4O2S/c1-2-29-19(14-31-18-10-6-9-17(13-18)22(23,24)25)27-28-21(29)32-15-20(30)26-12-11-16-7-4-3-5-8-16/h3-10,13H,2,11-12,14-15H2,1H3,(H,26,30). The third kappa shape index (κ3) is 6.74. The molecule has 0 aliphatic heterocycles. The molecule has 0 atom stereocenters. The summed E-state index contributed by atoms with van der Waals surface area (Å²) in [5, 5.41) is 11.6. The van der Waals surface area contributed by atoms with Crippen molar-refractivity contribution in [2.45, 2.75) is 37.8 Å². The summed E-state index contributed by atoms with van der Waals surface area (Å²) >= 11 is 1.25. The molecule has 0 fully saturated rings. The van der Waals surface area contributed by atoms with Crippen LogP contribution in [0, 0.1) is 0 Å². The lowest BCUT2D eigenvalue weighted by Crippen LogP contribution is -2.27. The number of rotatable bonds is 10. The predicted octanol–water partition coefficient (Wildman–Crippen LogP) is 4.35. The van der Waals surface area contributed by atoms with Gasteiger partial charge in [0, 0.05) is 13.1 Å². The number of amides is 1. The zero-order chi connectivity index (χ0) is 23.0. The van der Waals surface area contributed by atoms with Crippen LogP contribution in [0.5, 0.6) is 5.75 Å². The molecule has 0 radical (unpaired) electrons. The van der Waals surface area contributed by atoms with Gasteiger partial charge < -0.3 is 14.6 Å². The number of hydrogen-bond donors (Lipinski definition) is 1. The maximum atomic E-state index is 12.8. The van der Waals surface area contributed by atoms with Crippen molar-refractivity contribution in [2.24, 2.45) is 0 Å². The lowest BCUT2D eigenvalue weighted by Gasteiger charge is -2.11. The number of carbonyl (C=O) groups is 1. The monoisotopic (exact) mass is 464 g/mol. The van der Waals surface area contributed by atoms with Crippen molar-refractivity contribution in [3.63, 3.8) is 0 Å². The molecule has 0 unspecified atom stereocenters. The maximum Gasteiger partial charge on any atom is 0.416 e. The van der Waals surface area contributed by atoms with Crippen LogP contribution >= 0.6 is 11.8 Å². The van der Waals surface area contributed by atoms with Crippen molar-refractivity contribution >= 4 is 17.7 Å². The Kier molecular flexibility index (Phi) is 8.15. The number of benzene rings is 2. The molecule has 10 heteroatoms. The van der Waals surface area contributed by atoms with E-state index in [2.05, 4.69) is 15.5 Å². The van der Waals surface area contributed by atoms with Crippen LogP contribution in [0.2, 0.25) is 0 Å². The number of alkyl halides is 3. The molecule has 2 aromatic carbocycles. The quantitative estimate of drug-likeness (QED) is 0.452. The van der Waals surface area contributed by atoms with Crippen molar-refractivity contribution < 1.29 is 22.7 Å². The van der Waals surface area contributed by atoms with Gasteiger partial charge in [-0.25, -0.2) is 0 Å². The van der Waals surface area contributed by atoms with Gasteiger partial charge in [0.2, 0.25) is 5.91 Å². The summed E-state index contributed by atoms with van der Waals surface area (Å²) in [6, 6.07) is 14.6. The molecule has 32 heavy (non-hydrogen) atoms. The van der Waals surface area contributed by atoms with Gasteiger partial charge in [0.1, 0.15) is 12.4 Å². The Bertz CT molecular complexity index is 1030. The molecule has 1 amide bonds. The molecule has 3 aromatic rings. The van der Waals surface area contributed by atoms with Gasteiger partial charge >= 0.3 is 6.18 Å². The normalized spacial score (nSPS) is 11.4. The Labute approximate surface area is 188 Å². The molecule has 6 nitrogen and oxygen atoms in total. The van der Waals surface area contributed by atoms with E-state index < -0.39 is 11.7 Å². The average Bonchev–Trinajstić information content (AvgIpc) is 3.18. The highest BCUT2D eigenvalue weighted by molar-refractivity contribution is 7.99. The van der Waals surface area contributed by atoms with Crippen molar-refractivity contribution in [3.05, 3.63) is 71.5 Å². The fourth-order valence-electron chi connectivity index (χ4n) is 2.93. The van der Waals surface area contributed by atoms with Gasteiger partial charge in [0.05, 0.1) is 11.3 Å². The van der Waals surface area contributed by atoms with Crippen LogP contribution in [0.25, 0.3) is 0 Å². The highest BCUT2D eigenvalue weighted by Crippen LogP contribution is 2.31. The highest BCUT2D eigenvalue weighted by Gasteiger charge is 2.30. The molecule has 0 saturated carbocycles. The van der Waals surface area contributed by atoms with E-state index in [4.69, 9.17) is 4.74 Å². The number of halogens is 3. The van der Waals surface area contributed by atoms with Crippen LogP contribution in [0.4, 0.5) is 13.2 Å². The van der Waals surface area contributed by atoms with Crippen molar-refractivity contribution in [2.75, 3.05) is 12.3 Å². The Morgan fingerprint density at radius 2 is 1.91 bits per heavy atom. The largest absolute Gasteiger partial charge is 0.486 e. The van der Waals surface area contributed by atoms with Gasteiger partial charge in [0.25, 0.3) is 0 Å². The van der Waals surface area contributed by atoms with Crippen LogP contribution in [0.3, 0.4) is 0 Å². The molecule has 0 saturated heterocycles. The number of nitrogens with zero attached hydrogens (tertiary/aromatic N) is 3. The van der Waals surface area contributed by atoms with E-state index in [1.54, 1.807) is 4.57 Å². The Hall–Kier alpha value is -3.01. The summed E-state index contributed by atoms with van der Waals surface area (Å²) in [5.41, 5.74) is 0.373. The number of hydrogen-bond acceptors (Lipinski definition) is 5. The summed E-state index contributed by atoms with van der Waals surface area (Å²) in [6.45, 7) is 2.93. The summed E-state index contributed by atoms with van der Waals surface area (Å²) in [6.07, 6.45) is -3.69. The van der Waals surface area contributed by atoms with E-state index in [0.29, 0.717) is 24.1 Å². The first-order valence-corrected chi connectivity index (χ1v) is 11.0. The fraction of sp³-hybridized carbons (Fsp3) is 0.318. The van der Waals surface area contributed by atoms with Gasteiger partial charge in [-0.3, -0.25) is 4.79 Å². The van der Waals surface area contributed by atoms with Crippen LogP contribution in [0.1, 0.15) is 23.9 Å². The van der Waals surface area contributed by atoms with Crippen LogP contribution in [-0.4, -0.2) is 33.0 Å². The van der Waals surface area contributed by atoms with E-state index in [0.717, 1.165) is 24.1 Å². The Balaban J connectivity index is 1.50. The molecule has 0 bridgehead atoms. The molecule has 170 valence electrons. The van der Waals surface area contributed by atoms with E-state index in [1.807, 2.05) is 37.3 Å². The van der Waals surface area contributed by atoms with E-state index in [-0.39, 0.29) is 24.0 Å². The summed E-state index contributed by atoms with van der Waals surface area (Å²) in [7, 11) is 0. The van der Waals surface area contributed by atoms with Gasteiger partial charge in [-0.2, -0.15) is 13.2 Å². The van der Waals surface area contributed by atoms with Gasteiger partial charge in [-0.15, -0.1) is 10.2 Å². The molecule has 0 spiro atoms. The zero-order valence-electron chi connectivity index (χ0n) is 17.4. The van der Waals surface area contributed by atoms with Crippen molar-refractivity contribution in [3.8, 4) is 5.75 Å². The molecular formula is C22H23F3N4O2S. The summed E-state index contributed by atoms with van der Waals surface area (Å²) in [5.74, 6) is 0.634. The summed E-state index contributed by atoms with van der Waals surface area (Å²) in [4.78, 5) is 12.1. The third-order valence-electron chi connectivity index (χ3n) is 4.55. The number of ether oxygens (including phenoxy) is 1. The molecule has 0 aliphatic carbocycles. The van der Waals surface area contributed by atoms with Crippen LogP contribution in [0.15, 0.2) is 59.8 Å².